The SMILES string of the molecule is CC(C)N1CCC2(CC1)CCN(C1CC3CN(C(C)C)CC3C1)CC2. The molecule has 0 aromatic rings. The van der Waals surface area contributed by atoms with E-state index < -0.39 is 0 Å². The summed E-state index contributed by atoms with van der Waals surface area (Å²) in [6, 6.07) is 2.40. The fourth-order valence-corrected chi connectivity index (χ4v) is 6.40. The Hall–Kier alpha value is -0.120. The molecule has 144 valence electrons. The molecule has 4 aliphatic rings. The van der Waals surface area contributed by atoms with E-state index in [1.165, 1.54) is 77.8 Å². The standard InChI is InChI=1S/C22H41N3/c1-17(2)23-9-5-22(6-10-23)7-11-24(12-8-22)21-13-19-15-25(18(3)4)16-20(19)14-21/h17-21H,5-16H2,1-4H3. The number of likely N-dealkylation sites (tertiary alicyclic amines) is 3. The van der Waals surface area contributed by atoms with E-state index in [0.29, 0.717) is 5.41 Å². The van der Waals surface area contributed by atoms with Gasteiger partial charge in [-0.2, -0.15) is 0 Å². The van der Waals surface area contributed by atoms with Crippen LogP contribution in [0, 0.1) is 17.3 Å². The van der Waals surface area contributed by atoms with Crippen LogP contribution in [0.1, 0.15) is 66.2 Å². The predicted octanol–water partition coefficient (Wildman–Crippen LogP) is 3.69. The summed E-state index contributed by atoms with van der Waals surface area (Å²) in [5.74, 6) is 2.00. The molecule has 25 heavy (non-hydrogen) atoms. The average Bonchev–Trinajstić information content (AvgIpc) is 3.15. The highest BCUT2D eigenvalue weighted by atomic mass is 15.2. The molecule has 2 unspecified atom stereocenters. The number of nitrogens with zero attached hydrogens (tertiary/aromatic N) is 3. The lowest BCUT2D eigenvalue weighted by molar-refractivity contribution is 0.0114. The molecule has 3 nitrogen and oxygen atoms in total. The molecule has 1 saturated carbocycles. The zero-order valence-corrected chi connectivity index (χ0v) is 17.2. The van der Waals surface area contributed by atoms with Gasteiger partial charge in [-0.1, -0.05) is 0 Å². The summed E-state index contributed by atoms with van der Waals surface area (Å²) in [6.45, 7) is 17.7. The lowest BCUT2D eigenvalue weighted by atomic mass is 9.71. The first-order valence-corrected chi connectivity index (χ1v) is 11.2. The van der Waals surface area contributed by atoms with Crippen molar-refractivity contribution in [3.63, 3.8) is 0 Å². The number of rotatable bonds is 3. The molecule has 4 rings (SSSR count). The van der Waals surface area contributed by atoms with Gasteiger partial charge >= 0.3 is 0 Å². The van der Waals surface area contributed by atoms with Gasteiger partial charge in [-0.15, -0.1) is 0 Å². The fraction of sp³-hybridized carbons (Fsp3) is 1.00. The zero-order chi connectivity index (χ0) is 17.6. The summed E-state index contributed by atoms with van der Waals surface area (Å²) in [5.41, 5.74) is 0.699. The molecule has 3 heteroatoms. The van der Waals surface area contributed by atoms with E-state index in [0.717, 1.165) is 30.0 Å². The van der Waals surface area contributed by atoms with Crippen molar-refractivity contribution in [1.82, 2.24) is 14.7 Å². The third kappa shape index (κ3) is 3.66. The minimum absolute atomic E-state index is 0.699. The molecule has 4 fully saturated rings. The van der Waals surface area contributed by atoms with Crippen molar-refractivity contribution in [3.05, 3.63) is 0 Å². The molecule has 3 heterocycles. The van der Waals surface area contributed by atoms with Crippen LogP contribution in [0.4, 0.5) is 0 Å². The predicted molar refractivity (Wildman–Crippen MR) is 106 cm³/mol. The molecular weight excluding hydrogens is 306 g/mol. The zero-order valence-electron chi connectivity index (χ0n) is 17.2. The minimum atomic E-state index is 0.699. The number of fused-ring (bicyclic) bond motifs is 1. The minimum Gasteiger partial charge on any atom is -0.301 e. The summed E-state index contributed by atoms with van der Waals surface area (Å²) in [5, 5.41) is 0. The van der Waals surface area contributed by atoms with Gasteiger partial charge in [0.25, 0.3) is 0 Å². The lowest BCUT2D eigenvalue weighted by Gasteiger charge is -2.49. The van der Waals surface area contributed by atoms with Gasteiger partial charge in [0, 0.05) is 31.2 Å². The van der Waals surface area contributed by atoms with Crippen LogP contribution in [0.25, 0.3) is 0 Å². The van der Waals surface area contributed by atoms with Crippen LogP contribution in [0.3, 0.4) is 0 Å². The van der Waals surface area contributed by atoms with E-state index in [2.05, 4.69) is 42.4 Å². The molecule has 3 saturated heterocycles. The highest BCUT2D eigenvalue weighted by Crippen LogP contribution is 2.45. The van der Waals surface area contributed by atoms with Gasteiger partial charge in [-0.05, 0) is 110 Å². The molecule has 1 aliphatic carbocycles. The van der Waals surface area contributed by atoms with Crippen molar-refractivity contribution in [2.45, 2.75) is 84.3 Å². The highest BCUT2D eigenvalue weighted by Gasteiger charge is 2.45. The third-order valence-electron chi connectivity index (χ3n) is 8.45. The van der Waals surface area contributed by atoms with E-state index in [9.17, 15) is 0 Å². The Balaban J connectivity index is 1.25. The van der Waals surface area contributed by atoms with Crippen LogP contribution < -0.4 is 0 Å². The monoisotopic (exact) mass is 347 g/mol. The fourth-order valence-electron chi connectivity index (χ4n) is 6.40. The van der Waals surface area contributed by atoms with Crippen molar-refractivity contribution in [3.8, 4) is 0 Å². The summed E-state index contributed by atoms with van der Waals surface area (Å²) in [6.07, 6.45) is 8.84. The number of piperidine rings is 2. The maximum atomic E-state index is 2.90. The van der Waals surface area contributed by atoms with Crippen molar-refractivity contribution < 1.29 is 0 Å². The van der Waals surface area contributed by atoms with Crippen molar-refractivity contribution in [2.24, 2.45) is 17.3 Å². The molecular formula is C22H41N3. The Morgan fingerprint density at radius 2 is 1.16 bits per heavy atom. The van der Waals surface area contributed by atoms with Crippen LogP contribution >= 0.6 is 0 Å². The first kappa shape index (κ1) is 18.3. The molecule has 1 spiro atoms. The van der Waals surface area contributed by atoms with E-state index >= 15 is 0 Å². The highest BCUT2D eigenvalue weighted by molar-refractivity contribution is 4.99. The van der Waals surface area contributed by atoms with Crippen LogP contribution in [0.2, 0.25) is 0 Å². The van der Waals surface area contributed by atoms with E-state index in [1.54, 1.807) is 0 Å². The summed E-state index contributed by atoms with van der Waals surface area (Å²) in [7, 11) is 0. The normalized spacial score (nSPS) is 37.4. The van der Waals surface area contributed by atoms with Crippen LogP contribution in [0.5, 0.6) is 0 Å². The van der Waals surface area contributed by atoms with Gasteiger partial charge in [0.15, 0.2) is 0 Å². The van der Waals surface area contributed by atoms with E-state index in [4.69, 9.17) is 0 Å². The number of hydrogen-bond donors (Lipinski definition) is 0. The Morgan fingerprint density at radius 1 is 0.680 bits per heavy atom. The molecule has 0 radical (unpaired) electrons. The molecule has 2 atom stereocenters. The smallest absolute Gasteiger partial charge is 0.0102 e. The third-order valence-corrected chi connectivity index (χ3v) is 8.45. The second-order valence-corrected chi connectivity index (χ2v) is 10.4. The molecule has 3 aliphatic heterocycles. The van der Waals surface area contributed by atoms with Gasteiger partial charge in [-0.25, -0.2) is 0 Å². The number of hydrogen-bond acceptors (Lipinski definition) is 3. The lowest BCUT2D eigenvalue weighted by Crippen LogP contribution is -2.50. The maximum absolute atomic E-state index is 2.90. The Bertz CT molecular complexity index is 428. The van der Waals surface area contributed by atoms with Crippen molar-refractivity contribution >= 4 is 0 Å². The Morgan fingerprint density at radius 3 is 1.64 bits per heavy atom. The average molecular weight is 348 g/mol. The van der Waals surface area contributed by atoms with Crippen LogP contribution in [-0.2, 0) is 0 Å². The Kier molecular flexibility index (Phi) is 5.20. The summed E-state index contributed by atoms with van der Waals surface area (Å²) < 4.78 is 0. The van der Waals surface area contributed by atoms with Gasteiger partial charge in [0.1, 0.15) is 0 Å². The first-order chi connectivity index (χ1) is 12.0. The van der Waals surface area contributed by atoms with Crippen molar-refractivity contribution in [2.75, 3.05) is 39.3 Å². The molecule has 0 aromatic carbocycles. The second-order valence-electron chi connectivity index (χ2n) is 10.4. The molecule has 0 N–H and O–H groups in total. The molecule has 0 amide bonds. The first-order valence-electron chi connectivity index (χ1n) is 11.2. The summed E-state index contributed by atoms with van der Waals surface area (Å²) >= 11 is 0. The van der Waals surface area contributed by atoms with Gasteiger partial charge in [0.05, 0.1) is 0 Å². The van der Waals surface area contributed by atoms with Gasteiger partial charge in [0.2, 0.25) is 0 Å². The maximum Gasteiger partial charge on any atom is 0.0102 e. The van der Waals surface area contributed by atoms with E-state index in [-0.39, 0.29) is 0 Å². The second kappa shape index (κ2) is 7.13. The summed E-state index contributed by atoms with van der Waals surface area (Å²) in [4.78, 5) is 8.31. The Labute approximate surface area is 156 Å². The van der Waals surface area contributed by atoms with Gasteiger partial charge < -0.3 is 14.7 Å². The van der Waals surface area contributed by atoms with Crippen LogP contribution in [-0.4, -0.2) is 72.1 Å². The largest absolute Gasteiger partial charge is 0.301 e. The topological polar surface area (TPSA) is 9.72 Å². The van der Waals surface area contributed by atoms with Crippen molar-refractivity contribution in [1.29, 1.82) is 0 Å². The quantitative estimate of drug-likeness (QED) is 0.771. The molecule has 0 aromatic heterocycles. The van der Waals surface area contributed by atoms with E-state index in [1.807, 2.05) is 0 Å². The van der Waals surface area contributed by atoms with Gasteiger partial charge in [-0.3, -0.25) is 0 Å². The molecule has 0 bridgehead atoms. The van der Waals surface area contributed by atoms with Crippen LogP contribution in [0.15, 0.2) is 0 Å².